The number of aliphatic hydroxyl groups is 1. The van der Waals surface area contributed by atoms with Crippen LogP contribution in [0.3, 0.4) is 0 Å². The van der Waals surface area contributed by atoms with Gasteiger partial charge in [0.05, 0.1) is 0 Å². The van der Waals surface area contributed by atoms with E-state index in [1.54, 1.807) is 0 Å². The van der Waals surface area contributed by atoms with E-state index in [9.17, 15) is 4.39 Å². The highest BCUT2D eigenvalue weighted by atomic mass is 32.2. The number of hydrogen-bond donors (Lipinski definition) is 1. The van der Waals surface area contributed by atoms with Crippen molar-refractivity contribution in [1.82, 2.24) is 0 Å². The second-order valence-electron chi connectivity index (χ2n) is 2.90. The molecule has 1 rings (SSSR count). The Labute approximate surface area is 95.7 Å². The summed E-state index contributed by atoms with van der Waals surface area (Å²) >= 11 is 1.51. The highest BCUT2D eigenvalue weighted by Gasteiger charge is 2.08. The Morgan fingerprint density at radius 3 is 2.40 bits per heavy atom. The van der Waals surface area contributed by atoms with Gasteiger partial charge in [0.25, 0.3) is 0 Å². The van der Waals surface area contributed by atoms with Crippen molar-refractivity contribution in [1.29, 1.82) is 0 Å². The lowest BCUT2D eigenvalue weighted by Gasteiger charge is -2.08. The summed E-state index contributed by atoms with van der Waals surface area (Å²) in [5.74, 6) is -0.210. The molecular formula is C12H19FOS. The number of benzene rings is 1. The molecule has 0 aromatic heterocycles. The van der Waals surface area contributed by atoms with Gasteiger partial charge in [0.15, 0.2) is 0 Å². The molecule has 0 bridgehead atoms. The lowest BCUT2D eigenvalue weighted by atomic mass is 10.1. The minimum atomic E-state index is -0.210. The van der Waals surface area contributed by atoms with E-state index >= 15 is 0 Å². The second kappa shape index (κ2) is 7.71. The van der Waals surface area contributed by atoms with Gasteiger partial charge in [-0.15, -0.1) is 11.8 Å². The van der Waals surface area contributed by atoms with E-state index in [-0.39, 0.29) is 12.4 Å². The fraction of sp³-hybridized carbons (Fsp3) is 0.500. The maximum Gasteiger partial charge on any atom is 0.127 e. The molecule has 1 nitrogen and oxygen atoms in total. The molecule has 0 fully saturated rings. The average Bonchev–Trinajstić information content (AvgIpc) is 2.24. The minimum Gasteiger partial charge on any atom is -0.396 e. The van der Waals surface area contributed by atoms with E-state index in [0.29, 0.717) is 12.0 Å². The van der Waals surface area contributed by atoms with Gasteiger partial charge in [0.2, 0.25) is 0 Å². The molecule has 1 aromatic rings. The van der Waals surface area contributed by atoms with Crippen molar-refractivity contribution in [2.75, 3.05) is 12.9 Å². The van der Waals surface area contributed by atoms with Gasteiger partial charge in [0.1, 0.15) is 5.82 Å². The van der Waals surface area contributed by atoms with Crippen LogP contribution in [0.25, 0.3) is 0 Å². The van der Waals surface area contributed by atoms with Crippen LogP contribution in [0.15, 0.2) is 17.0 Å². The molecule has 0 unspecified atom stereocenters. The number of halogens is 1. The SMILES string of the molecule is CC.CSc1cc(C)cc(F)c1CCO. The predicted octanol–water partition coefficient (Wildman–Crippen LogP) is 3.42. The molecule has 0 heterocycles. The van der Waals surface area contributed by atoms with Gasteiger partial charge >= 0.3 is 0 Å². The van der Waals surface area contributed by atoms with Gasteiger partial charge < -0.3 is 5.11 Å². The van der Waals surface area contributed by atoms with Crippen molar-refractivity contribution < 1.29 is 9.50 Å². The van der Waals surface area contributed by atoms with Gasteiger partial charge in [-0.2, -0.15) is 0 Å². The quantitative estimate of drug-likeness (QED) is 0.803. The summed E-state index contributed by atoms with van der Waals surface area (Å²) in [6.07, 6.45) is 2.30. The van der Waals surface area contributed by atoms with Crippen molar-refractivity contribution in [2.24, 2.45) is 0 Å². The third kappa shape index (κ3) is 4.22. The highest BCUT2D eigenvalue weighted by molar-refractivity contribution is 7.98. The second-order valence-corrected chi connectivity index (χ2v) is 3.75. The van der Waals surface area contributed by atoms with Crippen LogP contribution in [0.2, 0.25) is 0 Å². The van der Waals surface area contributed by atoms with Crippen LogP contribution in [0.1, 0.15) is 25.0 Å². The predicted molar refractivity (Wildman–Crippen MR) is 65.1 cm³/mol. The molecule has 0 aliphatic rings. The first-order chi connectivity index (χ1) is 7.19. The van der Waals surface area contributed by atoms with Crippen LogP contribution < -0.4 is 0 Å². The number of aryl methyl sites for hydroxylation is 1. The van der Waals surface area contributed by atoms with Crippen molar-refractivity contribution in [3.63, 3.8) is 0 Å². The van der Waals surface area contributed by atoms with E-state index in [0.717, 1.165) is 10.5 Å². The summed E-state index contributed by atoms with van der Waals surface area (Å²) < 4.78 is 13.4. The molecule has 1 aromatic carbocycles. The largest absolute Gasteiger partial charge is 0.396 e. The third-order valence-corrected chi connectivity index (χ3v) is 2.68. The fourth-order valence-corrected chi connectivity index (χ4v) is 2.03. The monoisotopic (exact) mass is 230 g/mol. The molecule has 0 atom stereocenters. The van der Waals surface area contributed by atoms with Crippen molar-refractivity contribution in [3.05, 3.63) is 29.1 Å². The third-order valence-electron chi connectivity index (χ3n) is 1.88. The van der Waals surface area contributed by atoms with Crippen molar-refractivity contribution >= 4 is 11.8 Å². The van der Waals surface area contributed by atoms with Crippen LogP contribution in [0, 0.1) is 12.7 Å². The number of thioether (sulfide) groups is 1. The van der Waals surface area contributed by atoms with Crippen molar-refractivity contribution in [2.45, 2.75) is 32.1 Å². The number of rotatable bonds is 3. The average molecular weight is 230 g/mol. The summed E-state index contributed by atoms with van der Waals surface area (Å²) in [5, 5.41) is 8.76. The van der Waals surface area contributed by atoms with Crippen LogP contribution in [0.5, 0.6) is 0 Å². The van der Waals surface area contributed by atoms with E-state index < -0.39 is 0 Å². The zero-order valence-electron chi connectivity index (χ0n) is 9.80. The van der Waals surface area contributed by atoms with Gasteiger partial charge in [-0.05, 0) is 37.3 Å². The minimum absolute atomic E-state index is 0.00641. The number of aliphatic hydroxyl groups excluding tert-OH is 1. The first-order valence-corrected chi connectivity index (χ1v) is 6.35. The van der Waals surface area contributed by atoms with E-state index in [1.807, 2.05) is 33.1 Å². The lowest BCUT2D eigenvalue weighted by Crippen LogP contribution is -1.98. The summed E-state index contributed by atoms with van der Waals surface area (Å²) in [6.45, 7) is 5.86. The topological polar surface area (TPSA) is 20.2 Å². The van der Waals surface area contributed by atoms with Gasteiger partial charge in [0, 0.05) is 17.1 Å². The fourth-order valence-electron chi connectivity index (χ4n) is 1.28. The zero-order chi connectivity index (χ0) is 11.8. The van der Waals surface area contributed by atoms with Crippen LogP contribution in [-0.2, 0) is 6.42 Å². The maximum absolute atomic E-state index is 13.4. The summed E-state index contributed by atoms with van der Waals surface area (Å²) in [4.78, 5) is 0.923. The summed E-state index contributed by atoms with van der Waals surface area (Å²) in [7, 11) is 0. The molecule has 0 saturated carbocycles. The molecule has 0 amide bonds. The molecule has 15 heavy (non-hydrogen) atoms. The van der Waals surface area contributed by atoms with Crippen LogP contribution in [-0.4, -0.2) is 18.0 Å². The van der Waals surface area contributed by atoms with Gasteiger partial charge in [-0.1, -0.05) is 13.8 Å². The Balaban J connectivity index is 0.000000921. The lowest BCUT2D eigenvalue weighted by molar-refractivity contribution is 0.296. The highest BCUT2D eigenvalue weighted by Crippen LogP contribution is 2.24. The summed E-state index contributed by atoms with van der Waals surface area (Å²) in [6, 6.07) is 3.45. The number of hydrogen-bond acceptors (Lipinski definition) is 2. The van der Waals surface area contributed by atoms with E-state index in [4.69, 9.17) is 5.11 Å². The smallest absolute Gasteiger partial charge is 0.127 e. The van der Waals surface area contributed by atoms with Gasteiger partial charge in [-0.25, -0.2) is 4.39 Å². The maximum atomic E-state index is 13.4. The molecule has 0 aliphatic heterocycles. The molecule has 3 heteroatoms. The Kier molecular flexibility index (Phi) is 7.44. The van der Waals surface area contributed by atoms with Crippen LogP contribution >= 0.6 is 11.8 Å². The first-order valence-electron chi connectivity index (χ1n) is 5.13. The molecule has 0 spiro atoms. The van der Waals surface area contributed by atoms with Crippen LogP contribution in [0.4, 0.5) is 4.39 Å². The standard InChI is InChI=1S/C10H13FOS.C2H6/c1-7-5-9(11)8(3-4-12)10(6-7)13-2;1-2/h5-6,12H,3-4H2,1-2H3;1-2H3. The Bertz CT molecular complexity index is 300. The first kappa shape index (κ1) is 14.5. The Hall–Kier alpha value is -0.540. The van der Waals surface area contributed by atoms with Gasteiger partial charge in [-0.3, -0.25) is 0 Å². The zero-order valence-corrected chi connectivity index (χ0v) is 10.6. The van der Waals surface area contributed by atoms with E-state index in [2.05, 4.69) is 0 Å². The molecule has 0 saturated heterocycles. The molecule has 0 aliphatic carbocycles. The Morgan fingerprint density at radius 2 is 1.93 bits per heavy atom. The van der Waals surface area contributed by atoms with E-state index in [1.165, 1.54) is 17.8 Å². The van der Waals surface area contributed by atoms with Crippen molar-refractivity contribution in [3.8, 4) is 0 Å². The normalized spacial score (nSPS) is 9.47. The Morgan fingerprint density at radius 1 is 1.33 bits per heavy atom. The molecular weight excluding hydrogens is 211 g/mol. The molecule has 86 valence electrons. The summed E-state index contributed by atoms with van der Waals surface area (Å²) in [5.41, 5.74) is 1.55. The molecule has 0 radical (unpaired) electrons. The molecule has 1 N–H and O–H groups in total.